The van der Waals surface area contributed by atoms with Crippen molar-refractivity contribution in [3.8, 4) is 0 Å². The van der Waals surface area contributed by atoms with Crippen molar-refractivity contribution in [2.45, 2.75) is 25.4 Å². The minimum absolute atomic E-state index is 0.0546. The Kier molecular flexibility index (Phi) is 5.79. The Labute approximate surface area is 112 Å². The van der Waals surface area contributed by atoms with Crippen LogP contribution in [0.4, 0.5) is 13.2 Å². The van der Waals surface area contributed by atoms with Crippen molar-refractivity contribution in [2.75, 3.05) is 31.8 Å². The molecule has 0 N–H and O–H groups in total. The second kappa shape index (κ2) is 6.69. The van der Waals surface area contributed by atoms with E-state index in [1.54, 1.807) is 0 Å². The average molecular weight is 302 g/mol. The Hall–Kier alpha value is -0.630. The van der Waals surface area contributed by atoms with E-state index in [2.05, 4.69) is 9.47 Å². The van der Waals surface area contributed by atoms with Crippen molar-refractivity contribution in [3.05, 3.63) is 0 Å². The smallest absolute Gasteiger partial charge is 0.411 e. The highest BCUT2D eigenvalue weighted by Crippen LogP contribution is 2.49. The molecule has 0 heterocycles. The first-order valence-electron chi connectivity index (χ1n) is 5.83. The molecule has 0 aromatic rings. The van der Waals surface area contributed by atoms with Crippen LogP contribution in [0.2, 0.25) is 0 Å². The molecule has 0 bridgehead atoms. The zero-order valence-electron chi connectivity index (χ0n) is 10.6. The van der Waals surface area contributed by atoms with Gasteiger partial charge in [0, 0.05) is 22.3 Å². The minimum atomic E-state index is -4.36. The van der Waals surface area contributed by atoms with Gasteiger partial charge in [0.1, 0.15) is 6.61 Å². The number of halogens is 3. The third-order valence-corrected chi connectivity index (χ3v) is 4.45. The number of carbonyl (C=O) groups excluding carboxylic acids is 1. The number of methoxy groups -OCH3 is 1. The van der Waals surface area contributed by atoms with Crippen LogP contribution in [0, 0.1) is 5.41 Å². The molecule has 1 rings (SSSR count). The Morgan fingerprint density at radius 2 is 2.00 bits per heavy atom. The molecule has 0 aliphatic heterocycles. The molecule has 0 aromatic carbocycles. The van der Waals surface area contributed by atoms with Crippen LogP contribution >= 0.6 is 0 Å². The lowest BCUT2D eigenvalue weighted by Gasteiger charge is -2.13. The van der Waals surface area contributed by atoms with Crippen molar-refractivity contribution >= 4 is 16.8 Å². The van der Waals surface area contributed by atoms with Gasteiger partial charge in [0.25, 0.3) is 0 Å². The quantitative estimate of drug-likeness (QED) is 0.505. The van der Waals surface area contributed by atoms with Crippen LogP contribution in [0.3, 0.4) is 0 Å². The third kappa shape index (κ3) is 6.91. The first kappa shape index (κ1) is 16.4. The van der Waals surface area contributed by atoms with Crippen LogP contribution in [0.15, 0.2) is 0 Å². The lowest BCUT2D eigenvalue weighted by molar-refractivity contribution is -0.172. The van der Waals surface area contributed by atoms with Gasteiger partial charge in [0.05, 0.1) is 20.1 Å². The molecule has 1 aliphatic carbocycles. The molecule has 0 spiro atoms. The number of alkyl halides is 3. The predicted octanol–water partition coefficient (Wildman–Crippen LogP) is 1.66. The molecule has 0 amide bonds. The topological polar surface area (TPSA) is 52.6 Å². The molecule has 0 radical (unpaired) electrons. The summed E-state index contributed by atoms with van der Waals surface area (Å²) in [7, 11) is 0.0182. The van der Waals surface area contributed by atoms with Crippen LogP contribution < -0.4 is 0 Å². The van der Waals surface area contributed by atoms with E-state index in [-0.39, 0.29) is 30.2 Å². The molecule has 1 unspecified atom stereocenters. The molecule has 0 aromatic heterocycles. The van der Waals surface area contributed by atoms with E-state index < -0.39 is 23.6 Å². The van der Waals surface area contributed by atoms with Crippen LogP contribution in [0.1, 0.15) is 19.3 Å². The van der Waals surface area contributed by atoms with Gasteiger partial charge in [-0.2, -0.15) is 13.2 Å². The molecular formula is C11H17F3O4S. The first-order chi connectivity index (χ1) is 8.76. The van der Waals surface area contributed by atoms with E-state index in [1.807, 2.05) is 0 Å². The number of esters is 1. The van der Waals surface area contributed by atoms with E-state index in [9.17, 15) is 22.2 Å². The van der Waals surface area contributed by atoms with Crippen molar-refractivity contribution in [2.24, 2.45) is 5.41 Å². The van der Waals surface area contributed by atoms with Gasteiger partial charge in [-0.1, -0.05) is 0 Å². The van der Waals surface area contributed by atoms with Gasteiger partial charge in [-0.05, 0) is 18.3 Å². The summed E-state index contributed by atoms with van der Waals surface area (Å²) < 4.78 is 56.0. The summed E-state index contributed by atoms with van der Waals surface area (Å²) >= 11 is 0. The molecule has 1 saturated carbocycles. The molecule has 1 aliphatic rings. The molecule has 4 nitrogen and oxygen atoms in total. The fourth-order valence-corrected chi connectivity index (χ4v) is 3.20. The zero-order valence-corrected chi connectivity index (χ0v) is 11.4. The second-order valence-electron chi connectivity index (χ2n) is 4.71. The Morgan fingerprint density at radius 1 is 1.37 bits per heavy atom. The van der Waals surface area contributed by atoms with E-state index in [0.717, 1.165) is 12.8 Å². The largest absolute Gasteiger partial charge is 0.469 e. The van der Waals surface area contributed by atoms with Gasteiger partial charge in [0.15, 0.2) is 0 Å². The second-order valence-corrected chi connectivity index (χ2v) is 6.29. The first-order valence-corrected chi connectivity index (χ1v) is 7.31. The van der Waals surface area contributed by atoms with Gasteiger partial charge in [0.2, 0.25) is 0 Å². The molecule has 8 heteroatoms. The fraction of sp³-hybridized carbons (Fsp3) is 0.909. The highest BCUT2D eigenvalue weighted by molar-refractivity contribution is 7.85. The van der Waals surface area contributed by atoms with Crippen LogP contribution in [0.5, 0.6) is 0 Å². The number of carbonyl (C=O) groups is 1. The van der Waals surface area contributed by atoms with Crippen LogP contribution in [-0.4, -0.2) is 48.2 Å². The van der Waals surface area contributed by atoms with Gasteiger partial charge in [-0.3, -0.25) is 9.00 Å². The maximum absolute atomic E-state index is 11.8. The van der Waals surface area contributed by atoms with Crippen molar-refractivity contribution < 1.29 is 31.6 Å². The third-order valence-electron chi connectivity index (χ3n) is 2.89. The fourth-order valence-electron chi connectivity index (χ4n) is 1.68. The predicted molar refractivity (Wildman–Crippen MR) is 63.1 cm³/mol. The lowest BCUT2D eigenvalue weighted by atomic mass is 10.1. The standard InChI is InChI=1S/C11H17F3O4S/c1-17-9(15)6-10(2-3-10)8-19(16)5-4-18-7-11(12,13)14/h2-8H2,1H3. The van der Waals surface area contributed by atoms with Crippen molar-refractivity contribution in [3.63, 3.8) is 0 Å². The Bertz CT molecular complexity index is 339. The summed E-state index contributed by atoms with van der Waals surface area (Å²) in [4.78, 5) is 11.1. The molecule has 19 heavy (non-hydrogen) atoms. The Morgan fingerprint density at radius 3 is 2.47 bits per heavy atom. The molecule has 1 fully saturated rings. The number of hydrogen-bond acceptors (Lipinski definition) is 4. The summed E-state index contributed by atoms with van der Waals surface area (Å²) in [5.74, 6) is 0.0269. The summed E-state index contributed by atoms with van der Waals surface area (Å²) in [5, 5.41) is 0. The van der Waals surface area contributed by atoms with Gasteiger partial charge >= 0.3 is 12.1 Å². The normalized spacial score (nSPS) is 18.9. The van der Waals surface area contributed by atoms with Crippen LogP contribution in [0.25, 0.3) is 0 Å². The molecule has 112 valence electrons. The summed E-state index contributed by atoms with van der Waals surface area (Å²) in [6.07, 6.45) is -2.53. The van der Waals surface area contributed by atoms with E-state index in [4.69, 9.17) is 0 Å². The van der Waals surface area contributed by atoms with E-state index in [1.165, 1.54) is 7.11 Å². The highest BCUT2D eigenvalue weighted by Gasteiger charge is 2.45. The average Bonchev–Trinajstić information content (AvgIpc) is 3.02. The van der Waals surface area contributed by atoms with Crippen LogP contribution in [-0.2, 0) is 25.1 Å². The van der Waals surface area contributed by atoms with E-state index >= 15 is 0 Å². The van der Waals surface area contributed by atoms with E-state index in [0.29, 0.717) is 5.75 Å². The monoisotopic (exact) mass is 302 g/mol. The Balaban J connectivity index is 2.19. The van der Waals surface area contributed by atoms with Crippen molar-refractivity contribution in [1.29, 1.82) is 0 Å². The minimum Gasteiger partial charge on any atom is -0.469 e. The summed E-state index contributed by atoms with van der Waals surface area (Å²) in [6, 6.07) is 0. The van der Waals surface area contributed by atoms with Gasteiger partial charge in [-0.25, -0.2) is 0 Å². The molecule has 1 atom stereocenters. The highest BCUT2D eigenvalue weighted by atomic mass is 32.2. The molecule has 0 saturated heterocycles. The maximum atomic E-state index is 11.8. The summed E-state index contributed by atoms with van der Waals surface area (Å²) in [6.45, 7) is -1.52. The molecular weight excluding hydrogens is 285 g/mol. The lowest BCUT2D eigenvalue weighted by Crippen LogP contribution is -2.22. The van der Waals surface area contributed by atoms with Gasteiger partial charge < -0.3 is 9.47 Å². The number of rotatable bonds is 8. The number of ether oxygens (including phenoxy) is 2. The van der Waals surface area contributed by atoms with Gasteiger partial charge in [-0.15, -0.1) is 0 Å². The maximum Gasteiger partial charge on any atom is 0.411 e. The summed E-state index contributed by atoms with van der Waals surface area (Å²) in [5.41, 5.74) is -0.276. The van der Waals surface area contributed by atoms with Crippen molar-refractivity contribution in [1.82, 2.24) is 0 Å². The SMILES string of the molecule is COC(=O)CC1(CS(=O)CCOCC(F)(F)F)CC1. The zero-order chi connectivity index (χ0) is 14.5. The number of hydrogen-bond donors (Lipinski definition) is 0.